The van der Waals surface area contributed by atoms with Crippen molar-refractivity contribution < 1.29 is 68.9 Å². The minimum Gasteiger partial charge on any atom is -0.481 e. The number of carboxylic acids is 2. The van der Waals surface area contributed by atoms with Crippen molar-refractivity contribution >= 4 is 42.0 Å². The maximum absolute atomic E-state index is 12.6. The third kappa shape index (κ3) is 36.7. The zero-order chi connectivity index (χ0) is 58.7. The Morgan fingerprint density at radius 1 is 0.566 bits per heavy atom. The lowest BCUT2D eigenvalue weighted by Gasteiger charge is -2.41. The lowest BCUT2D eigenvalue weighted by Crippen LogP contribution is -2.52. The van der Waals surface area contributed by atoms with Crippen molar-refractivity contribution in [2.24, 2.45) is 32.8 Å². The molecule has 0 radical (unpaired) electrons. The summed E-state index contributed by atoms with van der Waals surface area (Å²) in [4.78, 5) is 79.7. The van der Waals surface area contributed by atoms with E-state index in [1.165, 1.54) is 14.2 Å². The van der Waals surface area contributed by atoms with E-state index in [2.05, 4.69) is 104 Å². The van der Waals surface area contributed by atoms with Crippen molar-refractivity contribution in [1.82, 2.24) is 16.0 Å². The Morgan fingerprint density at radius 3 is 1.20 bits per heavy atom. The number of ether oxygens (including phenoxy) is 5. The fourth-order valence-electron chi connectivity index (χ4n) is 6.90. The summed E-state index contributed by atoms with van der Waals surface area (Å²) in [5, 5.41) is 25.7. The fraction of sp³-hybridized carbons (Fsp3) is 0.672. The van der Waals surface area contributed by atoms with Crippen molar-refractivity contribution in [1.29, 1.82) is 0 Å². The molecule has 4 atom stereocenters. The summed E-state index contributed by atoms with van der Waals surface area (Å²) in [6.07, 6.45) is 4.18. The number of rotatable bonds is 21. The van der Waals surface area contributed by atoms with Gasteiger partial charge in [0.25, 0.3) is 0 Å². The molecular formula is C58H98N4O14. The van der Waals surface area contributed by atoms with Crippen molar-refractivity contribution in [2.45, 2.75) is 205 Å². The molecule has 3 rings (SSSR count). The van der Waals surface area contributed by atoms with E-state index >= 15 is 0 Å². The van der Waals surface area contributed by atoms with Crippen molar-refractivity contribution in [2.75, 3.05) is 20.8 Å². The minimum absolute atomic E-state index is 0. The van der Waals surface area contributed by atoms with Gasteiger partial charge in [-0.1, -0.05) is 165 Å². The molecule has 1 aliphatic rings. The first kappa shape index (κ1) is 70.7. The van der Waals surface area contributed by atoms with Crippen LogP contribution >= 0.6 is 0 Å². The number of esters is 2. The molecule has 1 aliphatic heterocycles. The number of aldehydes is 1. The zero-order valence-electron chi connectivity index (χ0n) is 48.8. The number of methoxy groups -OCH3 is 2. The summed E-state index contributed by atoms with van der Waals surface area (Å²) < 4.78 is 27.5. The van der Waals surface area contributed by atoms with Gasteiger partial charge in [0.1, 0.15) is 18.4 Å². The summed E-state index contributed by atoms with van der Waals surface area (Å²) in [6.45, 7) is 32.8. The number of carboxylic acid groups (broad SMARTS) is 2. The number of aliphatic carboxylic acids is 2. The number of amides is 2. The first-order valence-electron chi connectivity index (χ1n) is 26.0. The van der Waals surface area contributed by atoms with E-state index in [4.69, 9.17) is 34.9 Å². The minimum atomic E-state index is -1.22. The highest BCUT2D eigenvalue weighted by Crippen LogP contribution is 2.35. The maximum atomic E-state index is 12.6. The van der Waals surface area contributed by atoms with E-state index in [1.54, 1.807) is 12.1 Å². The molecule has 0 bridgehead atoms. The number of nitrogens with one attached hydrogen (secondary N) is 3. The second-order valence-corrected chi connectivity index (χ2v) is 25.1. The normalized spacial score (nSPS) is 17.4. The van der Waals surface area contributed by atoms with Crippen LogP contribution in [0.3, 0.4) is 0 Å². The summed E-state index contributed by atoms with van der Waals surface area (Å²) in [6, 6.07) is 14.3. The van der Waals surface area contributed by atoms with Crippen LogP contribution in [0.1, 0.15) is 161 Å². The van der Waals surface area contributed by atoms with Gasteiger partial charge in [-0.2, -0.15) is 0 Å². The molecule has 1 saturated heterocycles. The molecule has 18 heteroatoms. The number of hydrogen-bond donors (Lipinski definition) is 6. The summed E-state index contributed by atoms with van der Waals surface area (Å²) >= 11 is 0. The molecule has 18 nitrogen and oxygen atoms in total. The van der Waals surface area contributed by atoms with Crippen LogP contribution in [0.25, 0.3) is 0 Å². The Hall–Kier alpha value is -5.27. The van der Waals surface area contributed by atoms with Gasteiger partial charge in [0.15, 0.2) is 18.9 Å². The number of nitrogens with two attached hydrogens (primary N) is 1. The Morgan fingerprint density at radius 2 is 0.921 bits per heavy atom. The smallest absolute Gasteiger partial charge is 0.328 e. The molecule has 76 heavy (non-hydrogen) atoms. The van der Waals surface area contributed by atoms with Gasteiger partial charge in [-0.25, -0.2) is 9.59 Å². The second kappa shape index (κ2) is 33.8. The topological polar surface area (TPSA) is 268 Å². The number of carbonyl (C=O) groups is 7. The van der Waals surface area contributed by atoms with Gasteiger partial charge < -0.3 is 60.4 Å². The Balaban J connectivity index is 0. The van der Waals surface area contributed by atoms with Crippen LogP contribution in [-0.4, -0.2) is 116 Å². The molecule has 0 unspecified atom stereocenters. The predicted molar refractivity (Wildman–Crippen MR) is 296 cm³/mol. The molecule has 0 aromatic heterocycles. The molecule has 0 spiro atoms. The highest BCUT2D eigenvalue weighted by molar-refractivity contribution is 5.91. The SMILES string of the molecule is CC(C)(C)CC1OC(CC(C)(C)C)OC(CC(C)(C)C)O1.CC(C)(C)CC=O.COC(=O)[C@H](Cc1ccccc1)NC(=O)[C@@H](N)CC(=O)O.COC(=O)[C@H](Cc1ccccc1)NC(=O)[C@H](CC(=O)O)NCCC(C)(C)C.[HH]. The molecule has 1 fully saturated rings. The standard InChI is InChI=1S/C20H30N2O5.C18H36O3.C14H18N2O5.C6H12O.H2/c1-20(2,3)10-11-21-15(13-17(23)24)18(25)22-16(19(26)27-4)12-14-8-6-5-7-9-14;1-16(2,3)10-13-19-14(11-17(4,5)6)21-15(20-13)12-18(7,8)9;1-21-14(20)11(7-9-5-3-2-4-6-9)16-13(19)10(15)8-12(17)18;1-6(2,3)4-5-7;/h5-9,15-16,21H,10-13H2,1-4H3,(H,22,25)(H,23,24);13-15H,10-12H2,1-9H3;2-6,10-11H,7-8,15H2,1H3,(H,16,19)(H,17,18);5H,4H2,1-3H3;1H/t15-,16-;;10-,11-;;/m0.0../s1. The molecule has 2 aromatic carbocycles. The molecular weight excluding hydrogens is 977 g/mol. The van der Waals surface area contributed by atoms with Crippen LogP contribution in [0.2, 0.25) is 0 Å². The van der Waals surface area contributed by atoms with Crippen LogP contribution in [0, 0.1) is 27.1 Å². The molecule has 7 N–H and O–H groups in total. The van der Waals surface area contributed by atoms with E-state index < -0.39 is 66.3 Å². The second-order valence-electron chi connectivity index (χ2n) is 25.1. The van der Waals surface area contributed by atoms with Gasteiger partial charge in [-0.3, -0.25) is 19.2 Å². The quantitative estimate of drug-likeness (QED) is 0.0504. The zero-order valence-corrected chi connectivity index (χ0v) is 48.8. The van der Waals surface area contributed by atoms with Crippen LogP contribution in [-0.2, 0) is 70.1 Å². The first-order valence-corrected chi connectivity index (χ1v) is 26.0. The molecule has 1 heterocycles. The molecule has 434 valence electrons. The van der Waals surface area contributed by atoms with E-state index in [1.807, 2.05) is 69.3 Å². The highest BCUT2D eigenvalue weighted by Gasteiger charge is 2.37. The van der Waals surface area contributed by atoms with Crippen molar-refractivity contribution in [3.63, 3.8) is 0 Å². The van der Waals surface area contributed by atoms with Gasteiger partial charge in [0.05, 0.1) is 39.1 Å². The van der Waals surface area contributed by atoms with Crippen LogP contribution < -0.4 is 21.7 Å². The number of hydrogen-bond acceptors (Lipinski definition) is 14. The summed E-state index contributed by atoms with van der Waals surface area (Å²) in [5.41, 5.74) is 7.93. The average Bonchev–Trinajstić information content (AvgIpc) is 3.26. The molecule has 0 aliphatic carbocycles. The summed E-state index contributed by atoms with van der Waals surface area (Å²) in [5.74, 6) is -4.70. The Bertz CT molecular complexity index is 1980. The van der Waals surface area contributed by atoms with Crippen LogP contribution in [0.5, 0.6) is 0 Å². The van der Waals surface area contributed by atoms with Gasteiger partial charge in [-0.05, 0) is 51.2 Å². The lowest BCUT2D eigenvalue weighted by atomic mass is 9.90. The van der Waals surface area contributed by atoms with Gasteiger partial charge in [0, 0.05) is 40.0 Å². The van der Waals surface area contributed by atoms with Gasteiger partial charge in [0.2, 0.25) is 11.8 Å². The third-order valence-corrected chi connectivity index (χ3v) is 10.8. The van der Waals surface area contributed by atoms with Gasteiger partial charge in [-0.15, -0.1) is 0 Å². The van der Waals surface area contributed by atoms with E-state index in [0.29, 0.717) is 13.0 Å². The lowest BCUT2D eigenvalue weighted by molar-refractivity contribution is -0.395. The van der Waals surface area contributed by atoms with E-state index in [0.717, 1.165) is 43.1 Å². The largest absolute Gasteiger partial charge is 0.481 e. The number of carbonyl (C=O) groups excluding carboxylic acids is 5. The predicted octanol–water partition coefficient (Wildman–Crippen LogP) is 8.65. The van der Waals surface area contributed by atoms with Crippen LogP contribution in [0.4, 0.5) is 0 Å². The molecule has 0 saturated carbocycles. The first-order chi connectivity index (χ1) is 34.8. The molecule has 2 amide bonds. The van der Waals surface area contributed by atoms with E-state index in [-0.39, 0.29) is 66.6 Å². The third-order valence-electron chi connectivity index (χ3n) is 10.8. The monoisotopic (exact) mass is 1070 g/mol. The van der Waals surface area contributed by atoms with Gasteiger partial charge >= 0.3 is 23.9 Å². The molecule has 2 aromatic rings. The number of benzene rings is 2. The Labute approximate surface area is 455 Å². The van der Waals surface area contributed by atoms with Crippen molar-refractivity contribution in [3.8, 4) is 0 Å². The maximum Gasteiger partial charge on any atom is 0.328 e. The van der Waals surface area contributed by atoms with E-state index in [9.17, 15) is 33.6 Å². The fourth-order valence-corrected chi connectivity index (χ4v) is 6.90. The highest BCUT2D eigenvalue weighted by atomic mass is 16.9. The van der Waals surface area contributed by atoms with Crippen LogP contribution in [0.15, 0.2) is 60.7 Å². The Kier molecular flexibility index (Phi) is 31.4. The average molecular weight is 1080 g/mol. The summed E-state index contributed by atoms with van der Waals surface area (Å²) in [7, 11) is 2.46. The van der Waals surface area contributed by atoms with Crippen molar-refractivity contribution in [3.05, 3.63) is 71.8 Å².